The first-order valence-electron chi connectivity index (χ1n) is 8.50. The minimum absolute atomic E-state index is 0.0128. The number of ether oxygens (including phenoxy) is 1. The second kappa shape index (κ2) is 8.50. The molecule has 9 heteroatoms. The molecule has 1 saturated heterocycles. The molecule has 0 spiro atoms. The van der Waals surface area contributed by atoms with Gasteiger partial charge in [-0.2, -0.15) is 8.42 Å². The van der Waals surface area contributed by atoms with Crippen LogP contribution in [0.5, 0.6) is 0 Å². The summed E-state index contributed by atoms with van der Waals surface area (Å²) in [6, 6.07) is 8.06. The zero-order valence-electron chi connectivity index (χ0n) is 14.9. The Morgan fingerprint density at radius 1 is 1.23 bits per heavy atom. The molecule has 26 heavy (non-hydrogen) atoms. The lowest BCUT2D eigenvalue weighted by Gasteiger charge is -2.28. The van der Waals surface area contributed by atoms with Gasteiger partial charge in [0, 0.05) is 19.6 Å². The van der Waals surface area contributed by atoms with Crippen LogP contribution in [0.15, 0.2) is 30.3 Å². The monoisotopic (exact) mass is 384 g/mol. The third-order valence-corrected chi connectivity index (χ3v) is 5.67. The van der Waals surface area contributed by atoms with Crippen LogP contribution in [0.4, 0.5) is 4.79 Å². The number of nitrogens with zero attached hydrogens (tertiary/aromatic N) is 2. The lowest BCUT2D eigenvalue weighted by Crippen LogP contribution is -2.47. The molecule has 1 aliphatic rings. The summed E-state index contributed by atoms with van der Waals surface area (Å²) in [5.41, 5.74) is 0.776. The average molecular weight is 384 g/mol. The fourth-order valence-corrected chi connectivity index (χ4v) is 3.77. The molecule has 2 amide bonds. The molecule has 1 aromatic carbocycles. The molecule has 1 aromatic rings. The summed E-state index contributed by atoms with van der Waals surface area (Å²) in [5.74, 6) is -0.349. The van der Waals surface area contributed by atoms with Crippen LogP contribution in [0.2, 0.25) is 0 Å². The minimum atomic E-state index is -4.36. The van der Waals surface area contributed by atoms with Crippen molar-refractivity contribution >= 4 is 22.1 Å². The van der Waals surface area contributed by atoms with Crippen molar-refractivity contribution in [2.24, 2.45) is 0 Å². The molecule has 2 atom stereocenters. The zero-order valence-corrected chi connectivity index (χ0v) is 15.7. The Morgan fingerprint density at radius 2 is 1.85 bits per heavy atom. The van der Waals surface area contributed by atoms with E-state index in [1.165, 1.54) is 4.90 Å². The van der Waals surface area contributed by atoms with Crippen molar-refractivity contribution in [3.05, 3.63) is 35.9 Å². The molecule has 0 saturated carbocycles. The number of hydrogen-bond donors (Lipinski definition) is 1. The Bertz CT molecular complexity index is 733. The molecular weight excluding hydrogens is 360 g/mol. The van der Waals surface area contributed by atoms with Gasteiger partial charge in [0.15, 0.2) is 0 Å². The van der Waals surface area contributed by atoms with Crippen molar-refractivity contribution in [2.45, 2.75) is 38.2 Å². The predicted molar refractivity (Wildman–Crippen MR) is 95.0 cm³/mol. The standard InChI is InChI=1S/C17H24N2O6S/c1-3-18(4-2)16(20)15-10-14(26(22,23)24)11-19(15)17(21)25-12-13-8-6-5-7-9-13/h5-9,14-15H,3-4,10-12H2,1-2H3,(H,22,23,24)/t14-,15+/m1/s1. The van der Waals surface area contributed by atoms with Gasteiger partial charge in [0.25, 0.3) is 10.1 Å². The van der Waals surface area contributed by atoms with Crippen LogP contribution >= 0.6 is 0 Å². The van der Waals surface area contributed by atoms with E-state index in [4.69, 9.17) is 4.74 Å². The summed E-state index contributed by atoms with van der Waals surface area (Å²) < 4.78 is 37.6. The highest BCUT2D eigenvalue weighted by Crippen LogP contribution is 2.25. The summed E-state index contributed by atoms with van der Waals surface area (Å²) in [5, 5.41) is -1.20. The Labute approximate surface area is 153 Å². The van der Waals surface area contributed by atoms with Gasteiger partial charge in [-0.15, -0.1) is 0 Å². The first-order chi connectivity index (χ1) is 12.3. The fourth-order valence-electron chi connectivity index (χ4n) is 3.00. The molecule has 0 unspecified atom stereocenters. The van der Waals surface area contributed by atoms with Crippen LogP contribution in [-0.2, 0) is 26.3 Å². The largest absolute Gasteiger partial charge is 0.445 e. The number of carbonyl (C=O) groups is 2. The minimum Gasteiger partial charge on any atom is -0.445 e. The number of benzene rings is 1. The molecular formula is C17H24N2O6S. The van der Waals surface area contributed by atoms with Gasteiger partial charge in [-0.05, 0) is 25.8 Å². The Morgan fingerprint density at radius 3 is 2.38 bits per heavy atom. The second-order valence-electron chi connectivity index (χ2n) is 6.09. The van der Waals surface area contributed by atoms with E-state index in [0.717, 1.165) is 10.5 Å². The molecule has 144 valence electrons. The molecule has 0 bridgehead atoms. The highest BCUT2D eigenvalue weighted by Gasteiger charge is 2.46. The van der Waals surface area contributed by atoms with Gasteiger partial charge >= 0.3 is 6.09 Å². The Hall–Kier alpha value is -2.13. The van der Waals surface area contributed by atoms with E-state index in [2.05, 4.69) is 0 Å². The smallest absolute Gasteiger partial charge is 0.410 e. The van der Waals surface area contributed by atoms with Crippen molar-refractivity contribution in [1.82, 2.24) is 9.80 Å². The van der Waals surface area contributed by atoms with Crippen molar-refractivity contribution in [2.75, 3.05) is 19.6 Å². The third-order valence-electron chi connectivity index (χ3n) is 4.48. The molecule has 0 aromatic heterocycles. The maximum absolute atomic E-state index is 12.7. The van der Waals surface area contributed by atoms with Crippen LogP contribution < -0.4 is 0 Å². The van der Waals surface area contributed by atoms with E-state index in [-0.39, 0.29) is 25.5 Å². The van der Waals surface area contributed by atoms with E-state index in [1.54, 1.807) is 38.1 Å². The van der Waals surface area contributed by atoms with Crippen molar-refractivity contribution in [3.8, 4) is 0 Å². The average Bonchev–Trinajstić information content (AvgIpc) is 3.07. The molecule has 1 fully saturated rings. The highest BCUT2D eigenvalue weighted by molar-refractivity contribution is 7.86. The second-order valence-corrected chi connectivity index (χ2v) is 7.79. The van der Waals surface area contributed by atoms with Gasteiger partial charge in [0.2, 0.25) is 5.91 Å². The molecule has 0 radical (unpaired) electrons. The fraction of sp³-hybridized carbons (Fsp3) is 0.529. The molecule has 0 aliphatic carbocycles. The van der Waals surface area contributed by atoms with Crippen LogP contribution in [0, 0.1) is 0 Å². The number of amides is 2. The SMILES string of the molecule is CCN(CC)C(=O)[C@@H]1C[C@@H](S(=O)(=O)O)CN1C(=O)OCc1ccccc1. The van der Waals surface area contributed by atoms with Gasteiger partial charge in [0.05, 0.1) is 0 Å². The highest BCUT2D eigenvalue weighted by atomic mass is 32.2. The predicted octanol–water partition coefficient (Wildman–Crippen LogP) is 1.52. The number of likely N-dealkylation sites (tertiary alicyclic amines) is 1. The summed E-state index contributed by atoms with van der Waals surface area (Å²) >= 11 is 0. The zero-order chi connectivity index (χ0) is 19.3. The first-order valence-corrected chi connectivity index (χ1v) is 10.0. The van der Waals surface area contributed by atoms with E-state index < -0.39 is 27.5 Å². The summed E-state index contributed by atoms with van der Waals surface area (Å²) in [6.07, 6.45) is -0.917. The Balaban J connectivity index is 2.15. The van der Waals surface area contributed by atoms with E-state index in [9.17, 15) is 22.6 Å². The van der Waals surface area contributed by atoms with Crippen molar-refractivity contribution < 1.29 is 27.3 Å². The molecule has 2 rings (SSSR count). The maximum Gasteiger partial charge on any atom is 0.410 e. The summed E-state index contributed by atoms with van der Waals surface area (Å²) in [4.78, 5) is 27.8. The summed E-state index contributed by atoms with van der Waals surface area (Å²) in [6.45, 7) is 4.22. The normalized spacial score (nSPS) is 20.0. The van der Waals surface area contributed by atoms with Crippen LogP contribution in [-0.4, -0.2) is 65.7 Å². The molecule has 1 N–H and O–H groups in total. The van der Waals surface area contributed by atoms with Gasteiger partial charge in [0.1, 0.15) is 17.9 Å². The van der Waals surface area contributed by atoms with Crippen LogP contribution in [0.1, 0.15) is 25.8 Å². The first kappa shape index (κ1) is 20.2. The van der Waals surface area contributed by atoms with E-state index in [0.29, 0.717) is 13.1 Å². The van der Waals surface area contributed by atoms with Gasteiger partial charge in [-0.3, -0.25) is 14.2 Å². The lowest BCUT2D eigenvalue weighted by molar-refractivity contribution is -0.135. The quantitative estimate of drug-likeness (QED) is 0.746. The van der Waals surface area contributed by atoms with Crippen molar-refractivity contribution in [1.29, 1.82) is 0 Å². The number of hydrogen-bond acceptors (Lipinski definition) is 5. The molecule has 1 heterocycles. The van der Waals surface area contributed by atoms with E-state index in [1.807, 2.05) is 6.07 Å². The molecule has 8 nitrogen and oxygen atoms in total. The Kier molecular flexibility index (Phi) is 6.60. The number of rotatable bonds is 6. The summed E-state index contributed by atoms with van der Waals surface area (Å²) in [7, 11) is -4.36. The van der Waals surface area contributed by atoms with Crippen molar-refractivity contribution in [3.63, 3.8) is 0 Å². The number of carbonyl (C=O) groups excluding carboxylic acids is 2. The number of likely N-dealkylation sites (N-methyl/N-ethyl adjacent to an activating group) is 1. The van der Waals surface area contributed by atoms with Crippen LogP contribution in [0.3, 0.4) is 0 Å². The van der Waals surface area contributed by atoms with Gasteiger partial charge < -0.3 is 9.64 Å². The maximum atomic E-state index is 12.7. The van der Waals surface area contributed by atoms with E-state index >= 15 is 0 Å². The van der Waals surface area contributed by atoms with Gasteiger partial charge in [-0.25, -0.2) is 4.79 Å². The topological polar surface area (TPSA) is 104 Å². The molecule has 1 aliphatic heterocycles. The van der Waals surface area contributed by atoms with Crippen LogP contribution in [0.25, 0.3) is 0 Å². The lowest BCUT2D eigenvalue weighted by atomic mass is 10.2. The van der Waals surface area contributed by atoms with Gasteiger partial charge in [-0.1, -0.05) is 30.3 Å². The third kappa shape index (κ3) is 4.73.